The molecule has 0 amide bonds. The van der Waals surface area contributed by atoms with Gasteiger partial charge in [-0.3, -0.25) is 0 Å². The second-order valence-electron chi connectivity index (χ2n) is 7.81. The molecule has 0 bridgehead atoms. The zero-order chi connectivity index (χ0) is 19.7. The van der Waals surface area contributed by atoms with Crippen LogP contribution in [0.5, 0.6) is 0 Å². The molecule has 0 aromatic carbocycles. The van der Waals surface area contributed by atoms with E-state index in [2.05, 4.69) is 6.92 Å². The average Bonchev–Trinajstić information content (AvgIpc) is 2.58. The molecule has 4 nitrogen and oxygen atoms in total. The van der Waals surface area contributed by atoms with Crippen LogP contribution in [0.25, 0.3) is 0 Å². The molecule has 2 atom stereocenters. The number of aliphatic hydroxyl groups excluding tert-OH is 1. The van der Waals surface area contributed by atoms with Crippen molar-refractivity contribution in [2.45, 2.75) is 134 Å². The van der Waals surface area contributed by atoms with Crippen LogP contribution in [0.15, 0.2) is 0 Å². The molecule has 6 heteroatoms. The summed E-state index contributed by atoms with van der Waals surface area (Å²) < 4.78 is 33.5. The number of hydrogen-bond acceptors (Lipinski definition) is 4. The maximum Gasteiger partial charge on any atom is 1.00 e. The van der Waals surface area contributed by atoms with Crippen LogP contribution in [0.4, 0.5) is 0 Å². The maximum absolute atomic E-state index is 11.2. The van der Waals surface area contributed by atoms with Crippen LogP contribution >= 0.6 is 0 Å². The van der Waals surface area contributed by atoms with Crippen molar-refractivity contribution in [3.63, 3.8) is 0 Å². The molecular formula is C21H43NaO4S. The van der Waals surface area contributed by atoms with Crippen molar-refractivity contribution < 1.29 is 47.6 Å². The summed E-state index contributed by atoms with van der Waals surface area (Å²) in [7, 11) is -4.16. The molecule has 27 heavy (non-hydrogen) atoms. The third-order valence-corrected chi connectivity index (χ3v) is 6.51. The Balaban J connectivity index is 0. The molecule has 0 saturated heterocycles. The zero-order valence-electron chi connectivity index (χ0n) is 18.3. The summed E-state index contributed by atoms with van der Waals surface area (Å²) in [5, 5.41) is 9.30. The Morgan fingerprint density at radius 3 is 1.52 bits per heavy atom. The molecule has 1 N–H and O–H groups in total. The van der Waals surface area contributed by atoms with E-state index in [1.54, 1.807) is 0 Å². The van der Waals surface area contributed by atoms with Crippen molar-refractivity contribution in [3.05, 3.63) is 0 Å². The molecule has 158 valence electrons. The van der Waals surface area contributed by atoms with Gasteiger partial charge >= 0.3 is 29.6 Å². The van der Waals surface area contributed by atoms with E-state index >= 15 is 0 Å². The quantitative estimate of drug-likeness (QED) is 0.200. The summed E-state index contributed by atoms with van der Waals surface area (Å²) in [6.45, 7) is 4.15. The molecule has 0 aliphatic heterocycles. The molecular weight excluding hydrogens is 371 g/mol. The third kappa shape index (κ3) is 19.9. The Labute approximate surface area is 191 Å². The van der Waals surface area contributed by atoms with Crippen LogP contribution in [-0.2, 0) is 10.1 Å². The number of hydrogen-bond donors (Lipinski definition) is 1. The molecule has 0 saturated carbocycles. The predicted octanol–water partition coefficient (Wildman–Crippen LogP) is 2.94. The summed E-state index contributed by atoms with van der Waals surface area (Å²) in [6.07, 6.45) is 17.3. The van der Waals surface area contributed by atoms with Crippen molar-refractivity contribution in [2.24, 2.45) is 0 Å². The van der Waals surface area contributed by atoms with Gasteiger partial charge in [0, 0.05) is 5.25 Å². The number of rotatable bonds is 19. The smallest absolute Gasteiger partial charge is 0.748 e. The van der Waals surface area contributed by atoms with Crippen LogP contribution < -0.4 is 29.6 Å². The predicted molar refractivity (Wildman–Crippen MR) is 109 cm³/mol. The van der Waals surface area contributed by atoms with Crippen LogP contribution in [-0.4, -0.2) is 29.4 Å². The van der Waals surface area contributed by atoms with Gasteiger partial charge in [0.15, 0.2) is 0 Å². The minimum atomic E-state index is -4.16. The minimum absolute atomic E-state index is 0. The monoisotopic (exact) mass is 414 g/mol. The SMILES string of the molecule is CCCCCCCCCCCC(O)CCCCCC(CCC)S(=O)(=O)[O-].[Na+]. The first-order chi connectivity index (χ1) is 12.4. The van der Waals surface area contributed by atoms with Gasteiger partial charge in [-0.1, -0.05) is 97.3 Å². The summed E-state index contributed by atoms with van der Waals surface area (Å²) in [5.74, 6) is 0. The van der Waals surface area contributed by atoms with Gasteiger partial charge < -0.3 is 9.66 Å². The summed E-state index contributed by atoms with van der Waals surface area (Å²) >= 11 is 0. The van der Waals surface area contributed by atoms with E-state index in [0.29, 0.717) is 12.8 Å². The van der Waals surface area contributed by atoms with Gasteiger partial charge in [-0.25, -0.2) is 8.42 Å². The molecule has 0 heterocycles. The van der Waals surface area contributed by atoms with Crippen molar-refractivity contribution in [2.75, 3.05) is 0 Å². The van der Waals surface area contributed by atoms with Gasteiger partial charge in [0.25, 0.3) is 0 Å². The largest absolute Gasteiger partial charge is 1.00 e. The van der Waals surface area contributed by atoms with Crippen molar-refractivity contribution in [1.29, 1.82) is 0 Å². The van der Waals surface area contributed by atoms with Crippen molar-refractivity contribution >= 4 is 10.1 Å². The fourth-order valence-electron chi connectivity index (χ4n) is 3.52. The Bertz CT molecular complexity index is 401. The minimum Gasteiger partial charge on any atom is -0.748 e. The third-order valence-electron chi connectivity index (χ3n) is 5.22. The maximum atomic E-state index is 11.2. The summed E-state index contributed by atoms with van der Waals surface area (Å²) in [5.41, 5.74) is 0. The molecule has 2 unspecified atom stereocenters. The van der Waals surface area contributed by atoms with E-state index in [1.807, 2.05) is 6.92 Å². The van der Waals surface area contributed by atoms with Gasteiger partial charge in [0.2, 0.25) is 0 Å². The van der Waals surface area contributed by atoms with E-state index in [-0.39, 0.29) is 35.7 Å². The van der Waals surface area contributed by atoms with E-state index in [0.717, 1.165) is 44.9 Å². The number of aliphatic hydroxyl groups is 1. The standard InChI is InChI=1S/C21H44O4S.Na/c1-3-5-6-7-8-9-10-11-13-17-20(22)18-14-12-15-19-21(16-4-2)26(23,24)25;/h20-22H,3-19H2,1-2H3,(H,23,24,25);/q;+1/p-1. The second kappa shape index (κ2) is 20.2. The second-order valence-corrected chi connectivity index (χ2v) is 9.46. The van der Waals surface area contributed by atoms with E-state index in [4.69, 9.17) is 0 Å². The zero-order valence-corrected chi connectivity index (χ0v) is 21.1. The summed E-state index contributed by atoms with van der Waals surface area (Å²) in [4.78, 5) is 0. The van der Waals surface area contributed by atoms with Gasteiger partial charge in [-0.05, 0) is 25.7 Å². The average molecular weight is 415 g/mol. The van der Waals surface area contributed by atoms with Crippen LogP contribution in [0.3, 0.4) is 0 Å². The van der Waals surface area contributed by atoms with Crippen molar-refractivity contribution in [1.82, 2.24) is 0 Å². The van der Waals surface area contributed by atoms with Crippen LogP contribution in [0, 0.1) is 0 Å². The van der Waals surface area contributed by atoms with Gasteiger partial charge in [-0.15, -0.1) is 0 Å². The van der Waals surface area contributed by atoms with Gasteiger partial charge in [0.1, 0.15) is 0 Å². The molecule has 0 spiro atoms. The molecule has 0 aromatic heterocycles. The van der Waals surface area contributed by atoms with E-state index in [1.165, 1.54) is 51.4 Å². The molecule has 0 radical (unpaired) electrons. The fourth-order valence-corrected chi connectivity index (χ4v) is 4.50. The van der Waals surface area contributed by atoms with Gasteiger partial charge in [0.05, 0.1) is 16.2 Å². The topological polar surface area (TPSA) is 77.4 Å². The van der Waals surface area contributed by atoms with E-state index in [9.17, 15) is 18.1 Å². The first kappa shape index (κ1) is 30.1. The van der Waals surface area contributed by atoms with Gasteiger partial charge in [-0.2, -0.15) is 0 Å². The molecule has 0 aliphatic carbocycles. The number of unbranched alkanes of at least 4 members (excludes halogenated alkanes) is 10. The summed E-state index contributed by atoms with van der Waals surface area (Å²) in [6, 6.07) is 0. The fraction of sp³-hybridized carbons (Fsp3) is 1.00. The first-order valence-electron chi connectivity index (χ1n) is 11.0. The Kier molecular flexibility index (Phi) is 22.4. The molecule has 0 aliphatic rings. The molecule has 0 fully saturated rings. The Hall–Kier alpha value is 0.870. The van der Waals surface area contributed by atoms with Crippen LogP contribution in [0.2, 0.25) is 0 Å². The van der Waals surface area contributed by atoms with E-state index < -0.39 is 15.4 Å². The van der Waals surface area contributed by atoms with Crippen LogP contribution in [0.1, 0.15) is 123 Å². The first-order valence-corrected chi connectivity index (χ1v) is 12.5. The molecule has 0 aromatic rings. The van der Waals surface area contributed by atoms with Crippen molar-refractivity contribution in [3.8, 4) is 0 Å². The molecule has 0 rings (SSSR count). The Morgan fingerprint density at radius 1 is 0.667 bits per heavy atom. The Morgan fingerprint density at radius 2 is 1.07 bits per heavy atom. The normalized spacial score (nSPS) is 13.9.